The van der Waals surface area contributed by atoms with E-state index >= 15 is 0 Å². The monoisotopic (exact) mass is 524 g/mol. The Hall–Kier alpha value is -4.37. The number of esters is 1. The van der Waals surface area contributed by atoms with Crippen LogP contribution in [0.4, 0.5) is 0 Å². The quantitative estimate of drug-likeness (QED) is 0.256. The van der Waals surface area contributed by atoms with Gasteiger partial charge in [-0.2, -0.15) is 0 Å². The average molecular weight is 525 g/mol. The van der Waals surface area contributed by atoms with E-state index < -0.39 is 18.2 Å². The van der Waals surface area contributed by atoms with Crippen molar-refractivity contribution in [3.63, 3.8) is 0 Å². The van der Waals surface area contributed by atoms with Gasteiger partial charge in [-0.15, -0.1) is 0 Å². The maximum Gasteiger partial charge on any atom is 0.330 e. The summed E-state index contributed by atoms with van der Waals surface area (Å²) in [4.78, 5) is 11.5. The van der Waals surface area contributed by atoms with Crippen molar-refractivity contribution in [1.82, 2.24) is 0 Å². The largest absolute Gasteiger partial charge is 0.493 e. The summed E-state index contributed by atoms with van der Waals surface area (Å²) < 4.78 is 39.1. The van der Waals surface area contributed by atoms with Crippen LogP contribution in [0.25, 0.3) is 6.08 Å². The highest BCUT2D eigenvalue weighted by molar-refractivity contribution is 5.87. The lowest BCUT2D eigenvalue weighted by molar-refractivity contribution is -0.134. The van der Waals surface area contributed by atoms with E-state index in [1.165, 1.54) is 27.4 Å². The second kappa shape index (κ2) is 13.8. The summed E-state index contributed by atoms with van der Waals surface area (Å²) in [5, 5.41) is 10.4. The smallest absolute Gasteiger partial charge is 0.330 e. The van der Waals surface area contributed by atoms with Crippen LogP contribution in [0.2, 0.25) is 0 Å². The van der Waals surface area contributed by atoms with Crippen molar-refractivity contribution in [2.24, 2.45) is 0 Å². The highest BCUT2D eigenvalue weighted by Crippen LogP contribution is 2.38. The minimum Gasteiger partial charge on any atom is -0.493 e. The Morgan fingerprint density at radius 1 is 0.737 bits per heavy atom. The van der Waals surface area contributed by atoms with E-state index in [0.29, 0.717) is 45.6 Å². The Morgan fingerprint density at radius 3 is 1.95 bits per heavy atom. The predicted octanol–water partition coefficient (Wildman–Crippen LogP) is 4.47. The van der Waals surface area contributed by atoms with Crippen molar-refractivity contribution >= 4 is 12.0 Å². The second-order valence-electron chi connectivity index (χ2n) is 7.91. The number of methoxy groups -OCH3 is 5. The van der Waals surface area contributed by atoms with Crippen LogP contribution in [0.1, 0.15) is 17.2 Å². The number of aliphatic hydroxyl groups excluding tert-OH is 1. The molecule has 3 aromatic rings. The van der Waals surface area contributed by atoms with E-state index in [0.717, 1.165) is 0 Å². The Morgan fingerprint density at radius 2 is 1.32 bits per heavy atom. The van der Waals surface area contributed by atoms with Crippen molar-refractivity contribution in [2.75, 3.05) is 42.2 Å². The molecule has 9 heteroatoms. The van der Waals surface area contributed by atoms with Crippen molar-refractivity contribution in [3.05, 3.63) is 77.9 Å². The van der Waals surface area contributed by atoms with Gasteiger partial charge in [-0.25, -0.2) is 4.79 Å². The lowest BCUT2D eigenvalue weighted by atomic mass is 10.0. The van der Waals surface area contributed by atoms with Gasteiger partial charge in [0.1, 0.15) is 0 Å². The number of hydrogen-bond donors (Lipinski definition) is 1. The summed E-state index contributed by atoms with van der Waals surface area (Å²) >= 11 is 0. The normalized spacial score (nSPS) is 12.4. The standard InChI is InChI=1S/C29H32O9/c1-32-21-8-6-7-9-23(21)37-27(18-30)29(20-12-14-22(33-2)26(17-20)35-4)38-24-13-10-19(16-25(24)34-3)11-15-28(31)36-5/h6-17,27,29-30H,18H2,1-5H3/b15-11+/t27-,29+/m0/s1. The van der Waals surface area contributed by atoms with Gasteiger partial charge in [-0.1, -0.05) is 24.3 Å². The van der Waals surface area contributed by atoms with Crippen LogP contribution < -0.4 is 28.4 Å². The Kier molecular flexibility index (Phi) is 10.2. The van der Waals surface area contributed by atoms with Crippen molar-refractivity contribution in [3.8, 4) is 34.5 Å². The van der Waals surface area contributed by atoms with Crippen LogP contribution in [-0.2, 0) is 9.53 Å². The molecule has 38 heavy (non-hydrogen) atoms. The molecule has 0 spiro atoms. The molecule has 1 N–H and O–H groups in total. The number of ether oxygens (including phenoxy) is 7. The third kappa shape index (κ3) is 6.89. The molecule has 0 aromatic heterocycles. The molecule has 0 bridgehead atoms. The first kappa shape index (κ1) is 28.2. The molecule has 0 aliphatic rings. The predicted molar refractivity (Wildman–Crippen MR) is 141 cm³/mol. The maximum atomic E-state index is 11.5. The highest BCUT2D eigenvalue weighted by atomic mass is 16.6. The van der Waals surface area contributed by atoms with Crippen LogP contribution in [0.15, 0.2) is 66.7 Å². The Labute approximate surface area is 222 Å². The van der Waals surface area contributed by atoms with Gasteiger partial charge in [0.05, 0.1) is 42.2 Å². The van der Waals surface area contributed by atoms with E-state index in [2.05, 4.69) is 4.74 Å². The molecule has 0 amide bonds. The minimum absolute atomic E-state index is 0.376. The SMILES string of the molecule is COC(=O)/C=C/c1ccc(O[C@H](c2ccc(OC)c(OC)c2)[C@H](CO)Oc2ccccc2OC)c(OC)c1. The van der Waals surface area contributed by atoms with Crippen molar-refractivity contribution in [1.29, 1.82) is 0 Å². The Balaban J connectivity index is 2.04. The summed E-state index contributed by atoms with van der Waals surface area (Å²) in [5.74, 6) is 2.32. The molecule has 202 valence electrons. The van der Waals surface area contributed by atoms with E-state index in [4.69, 9.17) is 28.4 Å². The van der Waals surface area contributed by atoms with Crippen LogP contribution in [-0.4, -0.2) is 59.3 Å². The molecular weight excluding hydrogens is 492 g/mol. The zero-order chi connectivity index (χ0) is 27.5. The molecule has 2 atom stereocenters. The number of hydrogen-bond acceptors (Lipinski definition) is 9. The fraction of sp³-hybridized carbons (Fsp3) is 0.276. The molecule has 0 heterocycles. The number of para-hydroxylation sites is 2. The van der Waals surface area contributed by atoms with Gasteiger partial charge in [0, 0.05) is 11.6 Å². The van der Waals surface area contributed by atoms with E-state index in [9.17, 15) is 9.90 Å². The van der Waals surface area contributed by atoms with Gasteiger partial charge in [-0.3, -0.25) is 0 Å². The summed E-state index contributed by atoms with van der Waals surface area (Å²) in [6.45, 7) is -0.376. The lowest BCUT2D eigenvalue weighted by Crippen LogP contribution is -2.33. The van der Waals surface area contributed by atoms with Crippen LogP contribution in [0, 0.1) is 0 Å². The fourth-order valence-corrected chi connectivity index (χ4v) is 3.72. The molecule has 0 saturated heterocycles. The maximum absolute atomic E-state index is 11.5. The zero-order valence-corrected chi connectivity index (χ0v) is 22.0. The van der Waals surface area contributed by atoms with Gasteiger partial charge in [-0.05, 0) is 48.0 Å². The molecule has 9 nitrogen and oxygen atoms in total. The molecule has 0 radical (unpaired) electrons. The minimum atomic E-state index is -0.854. The molecule has 0 unspecified atom stereocenters. The van der Waals surface area contributed by atoms with Crippen LogP contribution in [0.3, 0.4) is 0 Å². The van der Waals surface area contributed by atoms with Gasteiger partial charge in [0.15, 0.2) is 46.7 Å². The molecule has 0 fully saturated rings. The van der Waals surface area contributed by atoms with E-state index in [1.807, 2.05) is 12.1 Å². The topological polar surface area (TPSA) is 102 Å². The number of rotatable bonds is 13. The number of carbonyl (C=O) groups is 1. The number of aliphatic hydroxyl groups is 1. The third-order valence-electron chi connectivity index (χ3n) is 5.66. The summed E-state index contributed by atoms with van der Waals surface area (Å²) in [5.41, 5.74) is 1.36. The first-order valence-corrected chi connectivity index (χ1v) is 11.7. The van der Waals surface area contributed by atoms with E-state index in [-0.39, 0.29) is 6.61 Å². The fourth-order valence-electron chi connectivity index (χ4n) is 3.72. The lowest BCUT2D eigenvalue weighted by Gasteiger charge is -2.29. The highest BCUT2D eigenvalue weighted by Gasteiger charge is 2.30. The van der Waals surface area contributed by atoms with E-state index in [1.54, 1.807) is 68.8 Å². The van der Waals surface area contributed by atoms with Crippen LogP contribution in [0.5, 0.6) is 34.5 Å². The average Bonchev–Trinajstić information content (AvgIpc) is 2.97. The second-order valence-corrected chi connectivity index (χ2v) is 7.91. The summed E-state index contributed by atoms with van der Waals surface area (Å²) in [7, 11) is 7.45. The number of carbonyl (C=O) groups excluding carboxylic acids is 1. The zero-order valence-electron chi connectivity index (χ0n) is 22.0. The van der Waals surface area contributed by atoms with Gasteiger partial charge in [0.2, 0.25) is 0 Å². The third-order valence-corrected chi connectivity index (χ3v) is 5.66. The molecule has 0 aliphatic carbocycles. The first-order chi connectivity index (χ1) is 18.5. The molecule has 0 saturated carbocycles. The van der Waals surface area contributed by atoms with Gasteiger partial charge in [0.25, 0.3) is 0 Å². The van der Waals surface area contributed by atoms with Gasteiger partial charge >= 0.3 is 5.97 Å². The molecule has 3 rings (SSSR count). The van der Waals surface area contributed by atoms with Crippen LogP contribution >= 0.6 is 0 Å². The number of benzene rings is 3. The molecule has 0 aliphatic heterocycles. The summed E-state index contributed by atoms with van der Waals surface area (Å²) in [6.07, 6.45) is 1.25. The molecule has 3 aromatic carbocycles. The Bertz CT molecular complexity index is 1240. The van der Waals surface area contributed by atoms with Crippen molar-refractivity contribution < 1.29 is 43.1 Å². The summed E-state index contributed by atoms with van der Waals surface area (Å²) in [6, 6.07) is 17.6. The van der Waals surface area contributed by atoms with Crippen molar-refractivity contribution in [2.45, 2.75) is 12.2 Å². The first-order valence-electron chi connectivity index (χ1n) is 11.7. The molecular formula is C29H32O9. The van der Waals surface area contributed by atoms with Gasteiger partial charge < -0.3 is 38.3 Å².